The van der Waals surface area contributed by atoms with E-state index in [1.54, 1.807) is 24.3 Å². The van der Waals surface area contributed by atoms with Gasteiger partial charge >= 0.3 is 5.97 Å². The van der Waals surface area contributed by atoms with Crippen LogP contribution in [0.15, 0.2) is 36.4 Å². The van der Waals surface area contributed by atoms with E-state index >= 15 is 0 Å². The van der Waals surface area contributed by atoms with Gasteiger partial charge in [0.25, 0.3) is 0 Å². The Labute approximate surface area is 180 Å². The first-order valence-corrected chi connectivity index (χ1v) is 10.1. The molecule has 158 valence electrons. The fraction of sp³-hybridized carbons (Fsp3) is 0.304. The summed E-state index contributed by atoms with van der Waals surface area (Å²) < 4.78 is 5.43. The first-order chi connectivity index (χ1) is 15.0. The number of para-hydroxylation sites is 1. The van der Waals surface area contributed by atoms with Gasteiger partial charge in [0.2, 0.25) is 0 Å². The summed E-state index contributed by atoms with van der Waals surface area (Å²) in [5.41, 5.74) is 4.25. The largest absolute Gasteiger partial charge is 0.478 e. The number of carboxylic acid groups (broad SMARTS) is 1. The number of aromatic carboxylic acids is 1. The van der Waals surface area contributed by atoms with Crippen molar-refractivity contribution in [2.24, 2.45) is 0 Å². The van der Waals surface area contributed by atoms with Crippen LogP contribution < -0.4 is 10.2 Å². The van der Waals surface area contributed by atoms with Crippen molar-refractivity contribution in [3.8, 4) is 6.07 Å². The van der Waals surface area contributed by atoms with Crippen molar-refractivity contribution in [1.82, 2.24) is 9.97 Å². The van der Waals surface area contributed by atoms with E-state index in [0.717, 1.165) is 11.1 Å². The summed E-state index contributed by atoms with van der Waals surface area (Å²) in [5, 5.41) is 22.5. The number of hydrogen-bond acceptors (Lipinski definition) is 7. The van der Waals surface area contributed by atoms with Crippen LogP contribution in [0.1, 0.15) is 40.1 Å². The van der Waals surface area contributed by atoms with Gasteiger partial charge in [-0.05, 0) is 37.6 Å². The highest BCUT2D eigenvalue weighted by atomic mass is 16.5. The maximum atomic E-state index is 11.6. The third kappa shape index (κ3) is 4.13. The minimum Gasteiger partial charge on any atom is -0.478 e. The molecule has 0 bridgehead atoms. The quantitative estimate of drug-likeness (QED) is 0.649. The molecule has 0 unspecified atom stereocenters. The first kappa shape index (κ1) is 20.6. The van der Waals surface area contributed by atoms with Crippen LogP contribution in [0, 0.1) is 18.3 Å². The van der Waals surface area contributed by atoms with Gasteiger partial charge in [-0.25, -0.2) is 14.8 Å². The average molecular weight is 417 g/mol. The number of hydrogen-bond donors (Lipinski definition) is 2. The molecule has 8 nitrogen and oxygen atoms in total. The zero-order chi connectivity index (χ0) is 22.0. The van der Waals surface area contributed by atoms with Gasteiger partial charge in [0.05, 0.1) is 35.9 Å². The summed E-state index contributed by atoms with van der Waals surface area (Å²) in [5.74, 6) is -0.431. The van der Waals surface area contributed by atoms with Crippen LogP contribution in [-0.2, 0) is 4.74 Å². The Morgan fingerprint density at radius 1 is 1.26 bits per heavy atom. The molecule has 0 spiro atoms. The van der Waals surface area contributed by atoms with E-state index in [9.17, 15) is 15.2 Å². The molecule has 1 fully saturated rings. The summed E-state index contributed by atoms with van der Waals surface area (Å²) in [6, 6.07) is 12.7. The van der Waals surface area contributed by atoms with Gasteiger partial charge in [0.15, 0.2) is 11.5 Å². The molecule has 1 aliphatic heterocycles. The summed E-state index contributed by atoms with van der Waals surface area (Å²) in [7, 11) is 0. The predicted molar refractivity (Wildman–Crippen MR) is 117 cm³/mol. The van der Waals surface area contributed by atoms with Crippen molar-refractivity contribution in [3.63, 3.8) is 0 Å². The molecule has 0 amide bonds. The van der Waals surface area contributed by atoms with Gasteiger partial charge in [-0.3, -0.25) is 0 Å². The number of nitrogens with zero attached hydrogens (tertiary/aromatic N) is 4. The van der Waals surface area contributed by atoms with Crippen molar-refractivity contribution >= 4 is 28.5 Å². The molecule has 1 atom stereocenters. The van der Waals surface area contributed by atoms with E-state index < -0.39 is 5.97 Å². The monoisotopic (exact) mass is 417 g/mol. The Bertz CT molecular complexity index is 1180. The van der Waals surface area contributed by atoms with Crippen LogP contribution in [0.3, 0.4) is 0 Å². The average Bonchev–Trinajstić information content (AvgIpc) is 2.78. The van der Waals surface area contributed by atoms with Crippen molar-refractivity contribution in [2.75, 3.05) is 36.5 Å². The molecule has 31 heavy (non-hydrogen) atoms. The van der Waals surface area contributed by atoms with Crippen LogP contribution >= 0.6 is 0 Å². The Hall–Kier alpha value is -3.70. The Morgan fingerprint density at radius 2 is 2.00 bits per heavy atom. The number of ether oxygens (including phenoxy) is 1. The number of nitriles is 1. The van der Waals surface area contributed by atoms with E-state index in [-0.39, 0.29) is 11.6 Å². The lowest BCUT2D eigenvalue weighted by molar-refractivity contribution is 0.0698. The number of carboxylic acids is 1. The van der Waals surface area contributed by atoms with E-state index in [4.69, 9.17) is 9.72 Å². The molecule has 2 N–H and O–H groups in total. The number of benzene rings is 2. The van der Waals surface area contributed by atoms with Crippen LogP contribution in [0.2, 0.25) is 0 Å². The second kappa shape index (κ2) is 8.58. The SMILES string of the molecule is Cc1cc([C@@H](C)Nc2ccccc2C(=O)O)c2nc(N3CCOCC3)c(C#N)nc2c1. The molecule has 8 heteroatoms. The standard InChI is InChI=1S/C23H23N5O3/c1-14-11-17(15(2)25-18-6-4-3-5-16(18)23(29)30)21-19(12-14)26-20(13-24)22(27-21)28-7-9-31-10-8-28/h3-6,11-12,15,25H,7-10H2,1-2H3,(H,29,30)/t15-/m1/s1. The van der Waals surface area contributed by atoms with Gasteiger partial charge in [0.1, 0.15) is 6.07 Å². The third-order valence-electron chi connectivity index (χ3n) is 5.34. The van der Waals surface area contributed by atoms with Gasteiger partial charge < -0.3 is 20.1 Å². The molecule has 1 saturated heterocycles. The highest BCUT2D eigenvalue weighted by molar-refractivity contribution is 5.94. The zero-order valence-corrected chi connectivity index (χ0v) is 17.4. The Balaban J connectivity index is 1.80. The molecule has 2 heterocycles. The van der Waals surface area contributed by atoms with Gasteiger partial charge in [-0.2, -0.15) is 5.26 Å². The lowest BCUT2D eigenvalue weighted by Crippen LogP contribution is -2.37. The number of anilines is 2. The molecule has 0 aliphatic carbocycles. The second-order valence-corrected chi connectivity index (χ2v) is 7.55. The fourth-order valence-corrected chi connectivity index (χ4v) is 3.83. The smallest absolute Gasteiger partial charge is 0.337 e. The van der Waals surface area contributed by atoms with E-state index in [1.807, 2.05) is 30.9 Å². The van der Waals surface area contributed by atoms with Crippen LogP contribution in [0.5, 0.6) is 0 Å². The number of aryl methyl sites for hydroxylation is 1. The van der Waals surface area contributed by atoms with E-state index in [1.165, 1.54) is 0 Å². The second-order valence-electron chi connectivity index (χ2n) is 7.55. The summed E-state index contributed by atoms with van der Waals surface area (Å²) in [6.07, 6.45) is 0. The highest BCUT2D eigenvalue weighted by Crippen LogP contribution is 2.30. The lowest BCUT2D eigenvalue weighted by atomic mass is 10.0. The van der Waals surface area contributed by atoms with E-state index in [2.05, 4.69) is 16.4 Å². The zero-order valence-electron chi connectivity index (χ0n) is 17.4. The molecule has 1 aromatic heterocycles. The Kier molecular flexibility index (Phi) is 5.69. The van der Waals surface area contributed by atoms with Gasteiger partial charge in [0, 0.05) is 24.3 Å². The van der Waals surface area contributed by atoms with Crippen molar-refractivity contribution in [1.29, 1.82) is 5.26 Å². The summed E-state index contributed by atoms with van der Waals surface area (Å²) in [6.45, 7) is 6.38. The van der Waals surface area contributed by atoms with Crippen LogP contribution in [0.25, 0.3) is 11.0 Å². The molecular weight excluding hydrogens is 394 g/mol. The minimum absolute atomic E-state index is 0.207. The molecule has 0 radical (unpaired) electrons. The molecule has 3 aromatic rings. The van der Waals surface area contributed by atoms with E-state index in [0.29, 0.717) is 54.5 Å². The van der Waals surface area contributed by atoms with Crippen molar-refractivity contribution in [3.05, 3.63) is 58.8 Å². The predicted octanol–water partition coefficient (Wildman–Crippen LogP) is 3.52. The van der Waals surface area contributed by atoms with Crippen LogP contribution in [0.4, 0.5) is 11.5 Å². The molecule has 4 rings (SSSR count). The lowest BCUT2D eigenvalue weighted by Gasteiger charge is -2.28. The van der Waals surface area contributed by atoms with Gasteiger partial charge in [-0.1, -0.05) is 18.2 Å². The normalized spacial score (nSPS) is 14.8. The highest BCUT2D eigenvalue weighted by Gasteiger charge is 2.21. The minimum atomic E-state index is -0.988. The maximum Gasteiger partial charge on any atom is 0.337 e. The third-order valence-corrected chi connectivity index (χ3v) is 5.34. The van der Waals surface area contributed by atoms with Crippen LogP contribution in [-0.4, -0.2) is 47.3 Å². The molecule has 2 aromatic carbocycles. The molecular formula is C23H23N5O3. The summed E-state index contributed by atoms with van der Waals surface area (Å²) in [4.78, 5) is 23.1. The topological polar surface area (TPSA) is 111 Å². The van der Waals surface area contributed by atoms with Crippen molar-refractivity contribution < 1.29 is 14.6 Å². The van der Waals surface area contributed by atoms with Gasteiger partial charge in [-0.15, -0.1) is 0 Å². The number of morpholine rings is 1. The molecule has 1 aliphatic rings. The number of fused-ring (bicyclic) bond motifs is 1. The summed E-state index contributed by atoms with van der Waals surface area (Å²) >= 11 is 0. The number of nitrogens with one attached hydrogen (secondary N) is 1. The fourth-order valence-electron chi connectivity index (χ4n) is 3.83. The molecule has 0 saturated carbocycles. The van der Waals surface area contributed by atoms with Crippen molar-refractivity contribution in [2.45, 2.75) is 19.9 Å². The number of aromatic nitrogens is 2. The number of carbonyl (C=O) groups is 1. The first-order valence-electron chi connectivity index (χ1n) is 10.1. The maximum absolute atomic E-state index is 11.6. The Morgan fingerprint density at radius 3 is 2.71 bits per heavy atom. The number of rotatable bonds is 5.